The Hall–Kier alpha value is -1.68. The van der Waals surface area contributed by atoms with Crippen molar-refractivity contribution >= 4 is 29.9 Å². The summed E-state index contributed by atoms with van der Waals surface area (Å²) in [5.74, 6) is 1.01. The lowest BCUT2D eigenvalue weighted by molar-refractivity contribution is 0.0529. The molecule has 0 radical (unpaired) electrons. The predicted molar refractivity (Wildman–Crippen MR) is 138 cm³/mol. The Balaban J connectivity index is 0.00000363. The Morgan fingerprint density at radius 1 is 1.34 bits per heavy atom. The van der Waals surface area contributed by atoms with E-state index in [1.807, 2.05) is 17.8 Å². The zero-order chi connectivity index (χ0) is 22.4. The van der Waals surface area contributed by atoms with E-state index in [9.17, 15) is 4.39 Å². The molecule has 1 aliphatic heterocycles. The van der Waals surface area contributed by atoms with E-state index in [0.717, 1.165) is 43.1 Å². The van der Waals surface area contributed by atoms with Gasteiger partial charge in [0.25, 0.3) is 0 Å². The van der Waals surface area contributed by atoms with Crippen molar-refractivity contribution in [1.29, 1.82) is 0 Å². The highest BCUT2D eigenvalue weighted by Crippen LogP contribution is 2.35. The quantitative estimate of drug-likeness (QED) is 0.311. The van der Waals surface area contributed by atoms with Crippen LogP contribution in [0.1, 0.15) is 56.4 Å². The maximum atomic E-state index is 14.0. The van der Waals surface area contributed by atoms with E-state index in [1.165, 1.54) is 11.6 Å². The summed E-state index contributed by atoms with van der Waals surface area (Å²) in [5.41, 5.74) is 3.12. The first-order valence-electron chi connectivity index (χ1n) is 11.2. The summed E-state index contributed by atoms with van der Waals surface area (Å²) in [7, 11) is 4.01. The van der Waals surface area contributed by atoms with Crippen LogP contribution in [0.5, 0.6) is 0 Å². The molecule has 1 saturated heterocycles. The molecule has 0 bridgehead atoms. The summed E-state index contributed by atoms with van der Waals surface area (Å²) in [6.07, 6.45) is 3.76. The second kappa shape index (κ2) is 12.0. The molecule has 0 atom stereocenters. The zero-order valence-corrected chi connectivity index (χ0v) is 22.2. The number of aliphatic imine (C=N–C) groups is 1. The van der Waals surface area contributed by atoms with E-state index in [2.05, 4.69) is 49.3 Å². The normalized spacial score (nSPS) is 16.0. The molecule has 1 aliphatic rings. The Morgan fingerprint density at radius 3 is 2.69 bits per heavy atom. The van der Waals surface area contributed by atoms with Gasteiger partial charge in [-0.3, -0.25) is 9.67 Å². The van der Waals surface area contributed by atoms with E-state index < -0.39 is 0 Å². The fourth-order valence-corrected chi connectivity index (χ4v) is 4.31. The molecule has 2 aromatic rings. The number of halogens is 2. The third kappa shape index (κ3) is 6.43. The van der Waals surface area contributed by atoms with Crippen LogP contribution in [0.2, 0.25) is 0 Å². The largest absolute Gasteiger partial charge is 0.381 e. The van der Waals surface area contributed by atoms with Gasteiger partial charge in [0.15, 0.2) is 5.96 Å². The van der Waals surface area contributed by atoms with Crippen LogP contribution in [0.3, 0.4) is 0 Å². The Morgan fingerprint density at radius 2 is 2.06 bits per heavy atom. The summed E-state index contributed by atoms with van der Waals surface area (Å²) in [6.45, 7) is 9.85. The molecular formula is C24H37FIN5O. The van der Waals surface area contributed by atoms with Crippen LogP contribution in [-0.4, -0.2) is 54.0 Å². The van der Waals surface area contributed by atoms with E-state index in [1.54, 1.807) is 12.1 Å². The summed E-state index contributed by atoms with van der Waals surface area (Å²) in [6, 6.07) is 6.96. The van der Waals surface area contributed by atoms with Gasteiger partial charge in [0.2, 0.25) is 0 Å². The number of aromatic nitrogens is 2. The van der Waals surface area contributed by atoms with Gasteiger partial charge < -0.3 is 15.0 Å². The lowest BCUT2D eigenvalue weighted by atomic mass is 9.74. The first-order chi connectivity index (χ1) is 14.8. The number of ether oxygens (including phenoxy) is 1. The molecule has 0 aliphatic carbocycles. The highest BCUT2D eigenvalue weighted by molar-refractivity contribution is 14.0. The topological polar surface area (TPSA) is 54.7 Å². The van der Waals surface area contributed by atoms with Crippen LogP contribution in [-0.2, 0) is 23.7 Å². The Labute approximate surface area is 208 Å². The van der Waals surface area contributed by atoms with Gasteiger partial charge in [0.1, 0.15) is 5.82 Å². The summed E-state index contributed by atoms with van der Waals surface area (Å²) >= 11 is 0. The van der Waals surface area contributed by atoms with E-state index in [0.29, 0.717) is 25.7 Å². The minimum absolute atomic E-state index is 0. The third-order valence-corrected chi connectivity index (χ3v) is 6.01. The second-order valence-electron chi connectivity index (χ2n) is 8.80. The van der Waals surface area contributed by atoms with E-state index >= 15 is 0 Å². The van der Waals surface area contributed by atoms with Crippen molar-refractivity contribution in [2.75, 3.05) is 33.4 Å². The van der Waals surface area contributed by atoms with Crippen LogP contribution < -0.4 is 5.32 Å². The van der Waals surface area contributed by atoms with Crippen molar-refractivity contribution in [3.05, 3.63) is 53.1 Å². The number of hydrogen-bond donors (Lipinski definition) is 1. The van der Waals surface area contributed by atoms with Crippen molar-refractivity contribution in [3.8, 4) is 0 Å². The number of nitrogens with zero attached hydrogens (tertiary/aromatic N) is 4. The maximum absolute atomic E-state index is 14.0. The van der Waals surface area contributed by atoms with Crippen LogP contribution in [0.4, 0.5) is 4.39 Å². The minimum Gasteiger partial charge on any atom is -0.381 e. The maximum Gasteiger partial charge on any atom is 0.193 e. The van der Waals surface area contributed by atoms with Gasteiger partial charge in [-0.1, -0.05) is 26.0 Å². The predicted octanol–water partition coefficient (Wildman–Crippen LogP) is 4.45. The number of rotatable bonds is 7. The molecule has 1 aromatic heterocycles. The van der Waals surface area contributed by atoms with Crippen LogP contribution in [0.15, 0.2) is 35.5 Å². The highest BCUT2D eigenvalue weighted by Gasteiger charge is 2.35. The van der Waals surface area contributed by atoms with Gasteiger partial charge in [-0.15, -0.1) is 24.0 Å². The average molecular weight is 557 g/mol. The number of hydrogen-bond acceptors (Lipinski definition) is 3. The highest BCUT2D eigenvalue weighted by atomic mass is 127. The summed E-state index contributed by atoms with van der Waals surface area (Å²) < 4.78 is 21.5. The van der Waals surface area contributed by atoms with Crippen molar-refractivity contribution in [2.24, 2.45) is 12.0 Å². The van der Waals surface area contributed by atoms with Gasteiger partial charge in [0, 0.05) is 57.6 Å². The molecule has 6 nitrogen and oxygen atoms in total. The van der Waals surface area contributed by atoms with Crippen molar-refractivity contribution < 1.29 is 9.13 Å². The standard InChI is InChI=1S/C24H36FN5O.HI/c1-6-26-23(29(4)15-19-16-30(5)28-22(19)18(2)3)27-17-24(10-12-31-13-11-24)20-8-7-9-21(25)14-20;/h7-9,14,16,18H,6,10-13,15,17H2,1-5H3,(H,26,27);1H. The molecule has 32 heavy (non-hydrogen) atoms. The molecular weight excluding hydrogens is 520 g/mol. The molecule has 178 valence electrons. The van der Waals surface area contributed by atoms with Crippen molar-refractivity contribution in [1.82, 2.24) is 20.0 Å². The van der Waals surface area contributed by atoms with Crippen LogP contribution >= 0.6 is 24.0 Å². The van der Waals surface area contributed by atoms with Crippen LogP contribution in [0.25, 0.3) is 0 Å². The minimum atomic E-state index is -0.209. The molecule has 2 heterocycles. The SMILES string of the molecule is CCNC(=NCC1(c2cccc(F)c2)CCOCC1)N(C)Cc1cn(C)nc1C(C)C.I. The number of guanidine groups is 1. The molecule has 1 N–H and O–H groups in total. The lowest BCUT2D eigenvalue weighted by Gasteiger charge is -2.37. The average Bonchev–Trinajstić information content (AvgIpc) is 3.12. The fourth-order valence-electron chi connectivity index (χ4n) is 4.31. The van der Waals surface area contributed by atoms with Crippen molar-refractivity contribution in [3.63, 3.8) is 0 Å². The number of aryl methyl sites for hydroxylation is 1. The molecule has 8 heteroatoms. The van der Waals surface area contributed by atoms with Gasteiger partial charge in [0.05, 0.1) is 12.2 Å². The molecule has 0 amide bonds. The second-order valence-corrected chi connectivity index (χ2v) is 8.80. The van der Waals surface area contributed by atoms with Crippen LogP contribution in [0, 0.1) is 5.82 Å². The molecule has 0 unspecified atom stereocenters. The number of benzene rings is 1. The van der Waals surface area contributed by atoms with Crippen molar-refractivity contribution in [2.45, 2.75) is 51.5 Å². The van der Waals surface area contributed by atoms with Gasteiger partial charge in [-0.2, -0.15) is 5.10 Å². The zero-order valence-electron chi connectivity index (χ0n) is 19.9. The monoisotopic (exact) mass is 557 g/mol. The first kappa shape index (κ1) is 26.6. The molecule has 3 rings (SSSR count). The Bertz CT molecular complexity index is 892. The smallest absolute Gasteiger partial charge is 0.193 e. The molecule has 0 spiro atoms. The first-order valence-corrected chi connectivity index (χ1v) is 11.2. The van der Waals surface area contributed by atoms with E-state index in [-0.39, 0.29) is 35.2 Å². The number of nitrogens with one attached hydrogen (secondary N) is 1. The molecule has 1 aromatic carbocycles. The molecule has 1 fully saturated rings. The summed E-state index contributed by atoms with van der Waals surface area (Å²) in [4.78, 5) is 7.16. The summed E-state index contributed by atoms with van der Waals surface area (Å²) in [5, 5.41) is 8.05. The van der Waals surface area contributed by atoms with E-state index in [4.69, 9.17) is 9.73 Å². The van der Waals surface area contributed by atoms with Gasteiger partial charge >= 0.3 is 0 Å². The van der Waals surface area contributed by atoms with Gasteiger partial charge in [-0.25, -0.2) is 4.39 Å². The third-order valence-electron chi connectivity index (χ3n) is 6.01. The Kier molecular flexibility index (Phi) is 9.94. The van der Waals surface area contributed by atoms with Gasteiger partial charge in [-0.05, 0) is 43.4 Å². The molecule has 0 saturated carbocycles. The lowest BCUT2D eigenvalue weighted by Crippen LogP contribution is -2.42. The fraction of sp³-hybridized carbons (Fsp3) is 0.583.